The summed E-state index contributed by atoms with van der Waals surface area (Å²) in [5, 5.41) is 6.10. The highest BCUT2D eigenvalue weighted by Crippen LogP contribution is 2.15. The number of carbonyl (C=O) groups is 1. The largest absolute Gasteiger partial charge is 0.293 e. The summed E-state index contributed by atoms with van der Waals surface area (Å²) in [6.45, 7) is 1.76. The van der Waals surface area contributed by atoms with E-state index in [0.717, 1.165) is 28.7 Å². The van der Waals surface area contributed by atoms with Gasteiger partial charge in [-0.25, -0.2) is 5.01 Å². The summed E-state index contributed by atoms with van der Waals surface area (Å²) < 4.78 is 1.06. The molecule has 0 bridgehead atoms. The van der Waals surface area contributed by atoms with Gasteiger partial charge in [0.2, 0.25) is 0 Å². The van der Waals surface area contributed by atoms with Gasteiger partial charge in [0.15, 0.2) is 0 Å². The van der Waals surface area contributed by atoms with E-state index < -0.39 is 0 Å². The van der Waals surface area contributed by atoms with Crippen LogP contribution in [0.2, 0.25) is 0 Å². The van der Waals surface area contributed by atoms with Crippen LogP contribution in [0.4, 0.5) is 0 Å². The van der Waals surface area contributed by atoms with E-state index in [1.807, 2.05) is 54.4 Å². The number of hydrogen-bond acceptors (Lipinski definition) is 3. The highest BCUT2D eigenvalue weighted by molar-refractivity contribution is 9.10. The Hall–Kier alpha value is -1.98. The second-order valence-corrected chi connectivity index (χ2v) is 6.89. The zero-order valence-corrected chi connectivity index (χ0v) is 15.2. The lowest BCUT2D eigenvalue weighted by Gasteiger charge is -2.19. The predicted molar refractivity (Wildman–Crippen MR) is 99.8 cm³/mol. The number of likely N-dealkylation sites (N-methyl/N-ethyl adjacent to an activating group) is 1. The number of benzene rings is 2. The molecule has 0 atom stereocenters. The van der Waals surface area contributed by atoms with Crippen LogP contribution in [0.3, 0.4) is 0 Å². The third-order valence-electron chi connectivity index (χ3n) is 3.97. The molecule has 0 radical (unpaired) electrons. The molecule has 0 spiro atoms. The lowest BCUT2D eigenvalue weighted by molar-refractivity contribution is -0.131. The van der Waals surface area contributed by atoms with Gasteiger partial charge in [0, 0.05) is 17.4 Å². The zero-order chi connectivity index (χ0) is 16.9. The predicted octanol–water partition coefficient (Wildman–Crippen LogP) is 3.52. The van der Waals surface area contributed by atoms with Crippen LogP contribution in [0.15, 0.2) is 64.2 Å². The maximum absolute atomic E-state index is 12.4. The van der Waals surface area contributed by atoms with Crippen LogP contribution < -0.4 is 0 Å². The molecular formula is C19H20BrN3O. The molecule has 0 saturated carbocycles. The third kappa shape index (κ3) is 4.30. The smallest absolute Gasteiger partial charge is 0.256 e. The SMILES string of the molecule is CN(CC(=O)N1CCC(c2ccccc2)=N1)Cc1ccc(Br)cc1. The van der Waals surface area contributed by atoms with Crippen molar-refractivity contribution >= 4 is 27.5 Å². The van der Waals surface area contributed by atoms with E-state index in [-0.39, 0.29) is 5.91 Å². The maximum atomic E-state index is 12.4. The van der Waals surface area contributed by atoms with Crippen molar-refractivity contribution in [1.29, 1.82) is 0 Å². The number of nitrogens with zero attached hydrogens (tertiary/aromatic N) is 3. The molecule has 4 nitrogen and oxygen atoms in total. The minimum Gasteiger partial charge on any atom is -0.293 e. The summed E-state index contributed by atoms with van der Waals surface area (Å²) in [6.07, 6.45) is 0.812. The molecule has 124 valence electrons. The van der Waals surface area contributed by atoms with Gasteiger partial charge in [-0.15, -0.1) is 0 Å². The highest BCUT2D eigenvalue weighted by Gasteiger charge is 2.22. The average Bonchev–Trinajstić information content (AvgIpc) is 3.08. The number of halogens is 1. The molecule has 1 amide bonds. The monoisotopic (exact) mass is 385 g/mol. The fourth-order valence-electron chi connectivity index (χ4n) is 2.74. The number of carbonyl (C=O) groups excluding carboxylic acids is 1. The van der Waals surface area contributed by atoms with Crippen molar-refractivity contribution in [2.75, 3.05) is 20.1 Å². The summed E-state index contributed by atoms with van der Waals surface area (Å²) in [5.41, 5.74) is 3.26. The molecule has 0 saturated heterocycles. The van der Waals surface area contributed by atoms with Crippen molar-refractivity contribution in [1.82, 2.24) is 9.91 Å². The molecule has 3 rings (SSSR count). The Labute approximate surface area is 150 Å². The molecule has 2 aromatic rings. The van der Waals surface area contributed by atoms with Gasteiger partial charge in [-0.1, -0.05) is 58.4 Å². The Bertz CT molecular complexity index is 728. The number of hydrazone groups is 1. The highest BCUT2D eigenvalue weighted by atomic mass is 79.9. The fraction of sp³-hybridized carbons (Fsp3) is 0.263. The molecule has 1 aliphatic rings. The maximum Gasteiger partial charge on any atom is 0.256 e. The van der Waals surface area contributed by atoms with Gasteiger partial charge in [-0.3, -0.25) is 9.69 Å². The van der Waals surface area contributed by atoms with Crippen LogP contribution >= 0.6 is 15.9 Å². The minimum absolute atomic E-state index is 0.0422. The van der Waals surface area contributed by atoms with Gasteiger partial charge in [0.25, 0.3) is 5.91 Å². The van der Waals surface area contributed by atoms with E-state index in [1.54, 1.807) is 5.01 Å². The van der Waals surface area contributed by atoms with Crippen LogP contribution in [-0.2, 0) is 11.3 Å². The van der Waals surface area contributed by atoms with Gasteiger partial charge in [0.1, 0.15) is 0 Å². The molecule has 0 aliphatic carbocycles. The van der Waals surface area contributed by atoms with Crippen molar-refractivity contribution in [3.63, 3.8) is 0 Å². The van der Waals surface area contributed by atoms with Gasteiger partial charge in [0.05, 0.1) is 18.8 Å². The van der Waals surface area contributed by atoms with E-state index in [4.69, 9.17) is 0 Å². The normalized spacial score (nSPS) is 14.1. The molecule has 5 heteroatoms. The van der Waals surface area contributed by atoms with Gasteiger partial charge >= 0.3 is 0 Å². The first-order chi connectivity index (χ1) is 11.6. The number of amides is 1. The van der Waals surface area contributed by atoms with E-state index in [9.17, 15) is 4.79 Å². The van der Waals surface area contributed by atoms with Crippen LogP contribution in [0.5, 0.6) is 0 Å². The van der Waals surface area contributed by atoms with E-state index in [0.29, 0.717) is 13.1 Å². The van der Waals surface area contributed by atoms with Gasteiger partial charge < -0.3 is 0 Å². The first kappa shape index (κ1) is 16.9. The van der Waals surface area contributed by atoms with Crippen LogP contribution in [0.1, 0.15) is 17.5 Å². The molecular weight excluding hydrogens is 366 g/mol. The Kier molecular flexibility index (Phi) is 5.43. The van der Waals surface area contributed by atoms with E-state index in [2.05, 4.69) is 33.2 Å². The van der Waals surface area contributed by atoms with E-state index in [1.165, 1.54) is 5.56 Å². The Morgan fingerprint density at radius 1 is 1.17 bits per heavy atom. The van der Waals surface area contributed by atoms with Crippen LogP contribution in [-0.4, -0.2) is 41.7 Å². The first-order valence-corrected chi connectivity index (χ1v) is 8.77. The third-order valence-corrected chi connectivity index (χ3v) is 4.50. The van der Waals surface area contributed by atoms with Crippen molar-refractivity contribution in [2.24, 2.45) is 5.10 Å². The minimum atomic E-state index is 0.0422. The summed E-state index contributed by atoms with van der Waals surface area (Å²) in [6, 6.07) is 18.2. The van der Waals surface area contributed by atoms with Gasteiger partial charge in [-0.05, 0) is 30.3 Å². The van der Waals surface area contributed by atoms with Crippen molar-refractivity contribution < 1.29 is 4.79 Å². The average molecular weight is 386 g/mol. The lowest BCUT2D eigenvalue weighted by Crippen LogP contribution is -2.34. The second-order valence-electron chi connectivity index (χ2n) is 5.98. The van der Waals surface area contributed by atoms with Crippen LogP contribution in [0.25, 0.3) is 0 Å². The summed E-state index contributed by atoms with van der Waals surface area (Å²) in [5.74, 6) is 0.0422. The molecule has 24 heavy (non-hydrogen) atoms. The molecule has 2 aromatic carbocycles. The fourth-order valence-corrected chi connectivity index (χ4v) is 3.00. The van der Waals surface area contributed by atoms with Crippen LogP contribution in [0, 0.1) is 0 Å². The molecule has 0 aromatic heterocycles. The summed E-state index contributed by atoms with van der Waals surface area (Å²) in [4.78, 5) is 14.5. The van der Waals surface area contributed by atoms with Crippen molar-refractivity contribution in [3.8, 4) is 0 Å². The molecule has 1 heterocycles. The summed E-state index contributed by atoms with van der Waals surface area (Å²) >= 11 is 3.43. The molecule has 1 aliphatic heterocycles. The Morgan fingerprint density at radius 2 is 1.88 bits per heavy atom. The van der Waals surface area contributed by atoms with Crippen molar-refractivity contribution in [3.05, 3.63) is 70.2 Å². The summed E-state index contributed by atoms with van der Waals surface area (Å²) in [7, 11) is 1.96. The molecule has 0 unspecified atom stereocenters. The first-order valence-electron chi connectivity index (χ1n) is 7.98. The topological polar surface area (TPSA) is 35.9 Å². The quantitative estimate of drug-likeness (QED) is 0.789. The van der Waals surface area contributed by atoms with Gasteiger partial charge in [-0.2, -0.15) is 5.10 Å². The number of rotatable bonds is 5. The second kappa shape index (κ2) is 7.73. The zero-order valence-electron chi connectivity index (χ0n) is 13.7. The number of hydrogen-bond donors (Lipinski definition) is 0. The Morgan fingerprint density at radius 3 is 2.58 bits per heavy atom. The molecule has 0 N–H and O–H groups in total. The van der Waals surface area contributed by atoms with Crippen molar-refractivity contribution in [2.45, 2.75) is 13.0 Å². The van der Waals surface area contributed by atoms with E-state index >= 15 is 0 Å². The lowest BCUT2D eigenvalue weighted by atomic mass is 10.1. The Balaban J connectivity index is 1.57. The molecule has 0 fully saturated rings. The standard InChI is InChI=1S/C19H20BrN3O/c1-22(13-15-7-9-17(20)10-8-15)14-19(24)23-12-11-18(21-23)16-5-3-2-4-6-16/h2-10H,11-14H2,1H3.